The molecule has 0 unspecified atom stereocenters. The molecule has 2 aliphatic heterocycles. The second-order valence-electron chi connectivity index (χ2n) is 6.73. The van der Waals surface area contributed by atoms with Crippen molar-refractivity contribution in [1.82, 2.24) is 10.2 Å². The molecule has 1 aliphatic carbocycles. The smallest absolute Gasteiger partial charge is 0.312 e. The van der Waals surface area contributed by atoms with Crippen LogP contribution < -0.4 is 5.32 Å². The molecule has 1 saturated carbocycles. The van der Waals surface area contributed by atoms with Crippen LogP contribution in [0.1, 0.15) is 26.2 Å². The van der Waals surface area contributed by atoms with Gasteiger partial charge < -0.3 is 10.1 Å². The highest BCUT2D eigenvalue weighted by Crippen LogP contribution is 2.48. The van der Waals surface area contributed by atoms with Crippen molar-refractivity contribution in [3.05, 3.63) is 12.7 Å². The molecule has 7 heteroatoms. The Labute approximate surface area is 135 Å². The number of nitrogens with one attached hydrogen (secondary N) is 1. The lowest BCUT2D eigenvalue weighted by molar-refractivity contribution is -0.165. The maximum Gasteiger partial charge on any atom is 0.312 e. The van der Waals surface area contributed by atoms with Crippen LogP contribution in [0.15, 0.2) is 12.7 Å². The van der Waals surface area contributed by atoms with Gasteiger partial charge in [-0.15, -0.1) is 12.4 Å². The Bertz CT molecular complexity index is 455. The van der Waals surface area contributed by atoms with Crippen LogP contribution in [0, 0.1) is 5.41 Å². The lowest BCUT2D eigenvalue weighted by atomic mass is 9.66. The lowest BCUT2D eigenvalue weighted by Gasteiger charge is -2.49. The molecule has 0 radical (unpaired) electrons. The van der Waals surface area contributed by atoms with E-state index in [1.807, 2.05) is 11.8 Å². The summed E-state index contributed by atoms with van der Waals surface area (Å²) in [5.41, 5.74) is -0.535. The molecule has 3 aliphatic rings. The molecule has 3 fully saturated rings. The minimum absolute atomic E-state index is 0. The zero-order valence-corrected chi connectivity index (χ0v) is 13.5. The Kier molecular flexibility index (Phi) is 4.85. The number of nitrogens with zero attached hydrogens (tertiary/aromatic N) is 1. The number of carbonyl (C=O) groups is 1. The van der Waals surface area contributed by atoms with Gasteiger partial charge in [0, 0.05) is 18.6 Å². The summed E-state index contributed by atoms with van der Waals surface area (Å²) in [4.78, 5) is 13.9. The minimum Gasteiger partial charge on any atom is -0.461 e. The maximum absolute atomic E-state index is 14.0. The van der Waals surface area contributed by atoms with Gasteiger partial charge in [0.15, 0.2) is 0 Å². The van der Waals surface area contributed by atoms with Crippen molar-refractivity contribution in [2.75, 3.05) is 19.7 Å². The number of ether oxygens (including phenoxy) is 1. The summed E-state index contributed by atoms with van der Waals surface area (Å²) < 4.78 is 33.1. The first-order valence-corrected chi connectivity index (χ1v) is 7.52. The molecule has 3 rings (SSSR count). The first-order valence-electron chi connectivity index (χ1n) is 7.52. The molecule has 4 nitrogen and oxygen atoms in total. The highest BCUT2D eigenvalue weighted by Gasteiger charge is 2.60. The van der Waals surface area contributed by atoms with Crippen LogP contribution in [0.4, 0.5) is 8.78 Å². The minimum atomic E-state index is -2.67. The summed E-state index contributed by atoms with van der Waals surface area (Å²) in [7, 11) is 0. The van der Waals surface area contributed by atoms with Crippen LogP contribution in [0.5, 0.6) is 0 Å². The first-order chi connectivity index (χ1) is 9.87. The highest BCUT2D eigenvalue weighted by atomic mass is 35.5. The average Bonchev–Trinajstić information content (AvgIpc) is 2.94. The van der Waals surface area contributed by atoms with Crippen LogP contribution in [-0.4, -0.2) is 54.6 Å². The van der Waals surface area contributed by atoms with Gasteiger partial charge >= 0.3 is 5.97 Å². The number of esters is 1. The SMILES string of the molecule is C=CCOC(=O)C1(C)CC(N2CC[C@@H]3NCC(F)(F)[C@@H]32)C1.Cl. The summed E-state index contributed by atoms with van der Waals surface area (Å²) in [6.45, 7) is 6.02. The number of alkyl halides is 2. The molecule has 2 heterocycles. The van der Waals surface area contributed by atoms with E-state index >= 15 is 0 Å². The van der Waals surface area contributed by atoms with E-state index < -0.39 is 17.4 Å². The molecule has 126 valence electrons. The number of likely N-dealkylation sites (tertiary alicyclic amines) is 1. The zero-order valence-electron chi connectivity index (χ0n) is 12.7. The van der Waals surface area contributed by atoms with Gasteiger partial charge in [-0.2, -0.15) is 0 Å². The van der Waals surface area contributed by atoms with Gasteiger partial charge in [0.1, 0.15) is 6.61 Å². The van der Waals surface area contributed by atoms with Crippen LogP contribution in [0.2, 0.25) is 0 Å². The van der Waals surface area contributed by atoms with Crippen LogP contribution >= 0.6 is 12.4 Å². The number of carbonyl (C=O) groups excluding carboxylic acids is 1. The van der Waals surface area contributed by atoms with E-state index in [1.165, 1.54) is 6.08 Å². The summed E-state index contributed by atoms with van der Waals surface area (Å²) in [5.74, 6) is -2.91. The number of hydrogen-bond donors (Lipinski definition) is 1. The summed E-state index contributed by atoms with van der Waals surface area (Å²) >= 11 is 0. The Morgan fingerprint density at radius 2 is 2.18 bits per heavy atom. The van der Waals surface area contributed by atoms with E-state index in [1.54, 1.807) is 0 Å². The third-order valence-electron chi connectivity index (χ3n) is 5.14. The average molecular weight is 337 g/mol. The fourth-order valence-electron chi connectivity index (χ4n) is 4.04. The van der Waals surface area contributed by atoms with Gasteiger partial charge in [0.25, 0.3) is 5.92 Å². The summed E-state index contributed by atoms with van der Waals surface area (Å²) in [6, 6.07) is -0.761. The van der Waals surface area contributed by atoms with E-state index in [0.29, 0.717) is 19.4 Å². The normalized spacial score (nSPS) is 39.5. The van der Waals surface area contributed by atoms with Crippen molar-refractivity contribution in [2.45, 2.75) is 50.2 Å². The van der Waals surface area contributed by atoms with Crippen molar-refractivity contribution >= 4 is 18.4 Å². The summed E-state index contributed by atoms with van der Waals surface area (Å²) in [5, 5.41) is 2.92. The maximum atomic E-state index is 14.0. The molecular weight excluding hydrogens is 314 g/mol. The van der Waals surface area contributed by atoms with Crippen molar-refractivity contribution in [3.63, 3.8) is 0 Å². The molecule has 0 aromatic rings. The van der Waals surface area contributed by atoms with E-state index in [0.717, 1.165) is 6.42 Å². The Morgan fingerprint density at radius 3 is 2.82 bits per heavy atom. The molecule has 2 atom stereocenters. The van der Waals surface area contributed by atoms with Gasteiger partial charge in [-0.25, -0.2) is 8.78 Å². The van der Waals surface area contributed by atoms with Gasteiger partial charge in [0.2, 0.25) is 0 Å². The number of fused-ring (bicyclic) bond motifs is 1. The van der Waals surface area contributed by atoms with Gasteiger partial charge in [0.05, 0.1) is 18.0 Å². The van der Waals surface area contributed by atoms with E-state index in [4.69, 9.17) is 4.74 Å². The van der Waals surface area contributed by atoms with Crippen molar-refractivity contribution in [3.8, 4) is 0 Å². The Morgan fingerprint density at radius 1 is 1.50 bits per heavy atom. The standard InChI is InChI=1S/C15H22F2N2O2.ClH/c1-3-6-21-13(20)14(2)7-10(8-14)19-5-4-11-12(19)15(16,17)9-18-11;/h3,10-12,18H,1,4-9H2,2H3;1H/t10?,11-,12+,14?;/m0./s1. The van der Waals surface area contributed by atoms with E-state index in [-0.39, 0.29) is 43.6 Å². The van der Waals surface area contributed by atoms with Crippen molar-refractivity contribution in [2.24, 2.45) is 5.41 Å². The predicted octanol–water partition coefficient (Wildman–Crippen LogP) is 1.99. The quantitative estimate of drug-likeness (QED) is 0.630. The molecule has 0 aromatic carbocycles. The zero-order chi connectivity index (χ0) is 15.3. The second-order valence-corrected chi connectivity index (χ2v) is 6.73. The van der Waals surface area contributed by atoms with Gasteiger partial charge in [-0.05, 0) is 26.2 Å². The van der Waals surface area contributed by atoms with Gasteiger partial charge in [-0.3, -0.25) is 9.69 Å². The molecule has 0 aromatic heterocycles. The van der Waals surface area contributed by atoms with Crippen LogP contribution in [0.3, 0.4) is 0 Å². The lowest BCUT2D eigenvalue weighted by Crippen LogP contribution is -2.58. The van der Waals surface area contributed by atoms with E-state index in [9.17, 15) is 13.6 Å². The predicted molar refractivity (Wildman–Crippen MR) is 81.4 cm³/mol. The third-order valence-corrected chi connectivity index (χ3v) is 5.14. The van der Waals surface area contributed by atoms with Crippen LogP contribution in [-0.2, 0) is 9.53 Å². The molecular formula is C15H23ClF2N2O2. The molecule has 0 amide bonds. The fourth-order valence-corrected chi connectivity index (χ4v) is 4.04. The molecule has 22 heavy (non-hydrogen) atoms. The fraction of sp³-hybridized carbons (Fsp3) is 0.800. The van der Waals surface area contributed by atoms with Crippen molar-refractivity contribution in [1.29, 1.82) is 0 Å². The third kappa shape index (κ3) is 2.76. The topological polar surface area (TPSA) is 41.6 Å². The molecule has 1 N–H and O–H groups in total. The Balaban J connectivity index is 0.00000176. The van der Waals surface area contributed by atoms with E-state index in [2.05, 4.69) is 11.9 Å². The molecule has 0 bridgehead atoms. The highest BCUT2D eigenvalue weighted by molar-refractivity contribution is 5.85. The van der Waals surface area contributed by atoms with Gasteiger partial charge in [-0.1, -0.05) is 12.7 Å². The van der Waals surface area contributed by atoms with Crippen LogP contribution in [0.25, 0.3) is 0 Å². The number of hydrogen-bond acceptors (Lipinski definition) is 4. The summed E-state index contributed by atoms with van der Waals surface area (Å²) in [6.07, 6.45) is 3.49. The first kappa shape index (κ1) is 17.6. The largest absolute Gasteiger partial charge is 0.461 e. The number of rotatable bonds is 4. The molecule has 0 spiro atoms. The Hall–Kier alpha value is -0.720. The number of halogens is 3. The van der Waals surface area contributed by atoms with Crippen molar-refractivity contribution < 1.29 is 18.3 Å². The second kappa shape index (κ2) is 6.06. The monoisotopic (exact) mass is 336 g/mol. The molecule has 2 saturated heterocycles.